The maximum absolute atomic E-state index is 13.2. The maximum Gasteiger partial charge on any atom is 0.231 e. The van der Waals surface area contributed by atoms with Gasteiger partial charge in [0.05, 0.1) is 11.6 Å². The quantitative estimate of drug-likeness (QED) is 0.791. The Bertz CT molecular complexity index is 344. The van der Waals surface area contributed by atoms with Crippen LogP contribution in [0.15, 0.2) is 18.2 Å². The molecule has 0 atom stereocenters. The SMILES string of the molecule is NC(=O)CNCc1cccc(Cl)c1F. The van der Waals surface area contributed by atoms with E-state index >= 15 is 0 Å². The van der Waals surface area contributed by atoms with Crippen LogP contribution in [0.2, 0.25) is 5.02 Å². The van der Waals surface area contributed by atoms with Crippen molar-refractivity contribution in [2.24, 2.45) is 5.73 Å². The van der Waals surface area contributed by atoms with Crippen LogP contribution in [0.3, 0.4) is 0 Å². The van der Waals surface area contributed by atoms with Crippen LogP contribution in [0.1, 0.15) is 5.56 Å². The predicted molar refractivity (Wildman–Crippen MR) is 52.3 cm³/mol. The molecule has 14 heavy (non-hydrogen) atoms. The zero-order valence-electron chi connectivity index (χ0n) is 7.39. The van der Waals surface area contributed by atoms with Gasteiger partial charge in [-0.15, -0.1) is 0 Å². The summed E-state index contributed by atoms with van der Waals surface area (Å²) in [5, 5.41) is 2.77. The third kappa shape index (κ3) is 2.97. The largest absolute Gasteiger partial charge is 0.369 e. The number of benzene rings is 1. The molecule has 1 aromatic carbocycles. The maximum atomic E-state index is 13.2. The van der Waals surface area contributed by atoms with E-state index in [0.717, 1.165) is 0 Å². The Kier molecular flexibility index (Phi) is 3.85. The summed E-state index contributed by atoms with van der Waals surface area (Å²) < 4.78 is 13.2. The molecule has 1 aromatic rings. The second kappa shape index (κ2) is 4.93. The van der Waals surface area contributed by atoms with Crippen molar-refractivity contribution >= 4 is 17.5 Å². The number of carbonyl (C=O) groups is 1. The molecule has 0 saturated carbocycles. The number of hydrogen-bond acceptors (Lipinski definition) is 2. The van der Waals surface area contributed by atoms with Crippen molar-refractivity contribution in [3.8, 4) is 0 Å². The Morgan fingerprint density at radius 2 is 2.29 bits per heavy atom. The first kappa shape index (κ1) is 10.9. The van der Waals surface area contributed by atoms with Crippen molar-refractivity contribution < 1.29 is 9.18 Å². The van der Waals surface area contributed by atoms with Gasteiger partial charge in [0.2, 0.25) is 5.91 Å². The van der Waals surface area contributed by atoms with Gasteiger partial charge in [0.25, 0.3) is 0 Å². The fourth-order valence-corrected chi connectivity index (χ4v) is 1.20. The van der Waals surface area contributed by atoms with Crippen LogP contribution in [-0.4, -0.2) is 12.5 Å². The van der Waals surface area contributed by atoms with Crippen molar-refractivity contribution in [3.05, 3.63) is 34.6 Å². The van der Waals surface area contributed by atoms with E-state index in [1.165, 1.54) is 6.07 Å². The number of carbonyl (C=O) groups excluding carboxylic acids is 1. The van der Waals surface area contributed by atoms with E-state index in [9.17, 15) is 9.18 Å². The van der Waals surface area contributed by atoms with Crippen LogP contribution in [-0.2, 0) is 11.3 Å². The van der Waals surface area contributed by atoms with Crippen LogP contribution in [0, 0.1) is 5.82 Å². The highest BCUT2D eigenvalue weighted by Gasteiger charge is 2.05. The molecule has 0 aliphatic heterocycles. The molecule has 1 amide bonds. The highest BCUT2D eigenvalue weighted by Crippen LogP contribution is 2.17. The molecule has 0 aliphatic carbocycles. The van der Waals surface area contributed by atoms with E-state index in [0.29, 0.717) is 5.56 Å². The molecule has 0 fully saturated rings. The highest BCUT2D eigenvalue weighted by atomic mass is 35.5. The van der Waals surface area contributed by atoms with Crippen LogP contribution >= 0.6 is 11.6 Å². The zero-order chi connectivity index (χ0) is 10.6. The third-order valence-electron chi connectivity index (χ3n) is 1.65. The monoisotopic (exact) mass is 216 g/mol. The number of hydrogen-bond donors (Lipinski definition) is 2. The van der Waals surface area contributed by atoms with Crippen LogP contribution in [0.25, 0.3) is 0 Å². The minimum atomic E-state index is -0.479. The summed E-state index contributed by atoms with van der Waals surface area (Å²) in [4.78, 5) is 10.4. The fraction of sp³-hybridized carbons (Fsp3) is 0.222. The van der Waals surface area contributed by atoms with E-state index < -0.39 is 11.7 Å². The lowest BCUT2D eigenvalue weighted by Gasteiger charge is -2.04. The summed E-state index contributed by atoms with van der Waals surface area (Å²) in [5.41, 5.74) is 5.32. The first-order valence-corrected chi connectivity index (χ1v) is 4.41. The summed E-state index contributed by atoms with van der Waals surface area (Å²) in [7, 11) is 0. The van der Waals surface area contributed by atoms with Crippen molar-refractivity contribution in [3.63, 3.8) is 0 Å². The number of amides is 1. The molecular formula is C9H10ClFN2O. The van der Waals surface area contributed by atoms with E-state index in [-0.39, 0.29) is 18.1 Å². The number of nitrogens with one attached hydrogen (secondary N) is 1. The molecule has 0 spiro atoms. The first-order valence-electron chi connectivity index (χ1n) is 4.03. The summed E-state index contributed by atoms with van der Waals surface area (Å²) >= 11 is 5.56. The van der Waals surface area contributed by atoms with Gasteiger partial charge in [-0.05, 0) is 6.07 Å². The minimum Gasteiger partial charge on any atom is -0.369 e. The fourth-order valence-electron chi connectivity index (χ4n) is 1.01. The van der Waals surface area contributed by atoms with Crippen LogP contribution in [0.4, 0.5) is 4.39 Å². The third-order valence-corrected chi connectivity index (χ3v) is 1.94. The molecule has 0 radical (unpaired) electrons. The molecule has 76 valence electrons. The van der Waals surface area contributed by atoms with Crippen molar-refractivity contribution in [2.45, 2.75) is 6.54 Å². The molecule has 5 heteroatoms. The number of primary amides is 1. The molecule has 0 unspecified atom stereocenters. The topological polar surface area (TPSA) is 55.1 Å². The summed E-state index contributed by atoms with van der Waals surface area (Å²) in [6, 6.07) is 4.70. The summed E-state index contributed by atoms with van der Waals surface area (Å²) in [5.74, 6) is -0.946. The van der Waals surface area contributed by atoms with E-state index in [1.807, 2.05) is 0 Å². The lowest BCUT2D eigenvalue weighted by atomic mass is 10.2. The van der Waals surface area contributed by atoms with Gasteiger partial charge in [-0.1, -0.05) is 23.7 Å². The molecule has 0 aliphatic rings. The first-order chi connectivity index (χ1) is 6.61. The molecule has 0 heterocycles. The van der Waals surface area contributed by atoms with Crippen molar-refractivity contribution in [2.75, 3.05) is 6.54 Å². The summed E-state index contributed by atoms with van der Waals surface area (Å²) in [6.45, 7) is 0.251. The average molecular weight is 217 g/mol. The van der Waals surface area contributed by atoms with Gasteiger partial charge < -0.3 is 11.1 Å². The zero-order valence-corrected chi connectivity index (χ0v) is 8.14. The Balaban J connectivity index is 2.59. The van der Waals surface area contributed by atoms with E-state index in [1.54, 1.807) is 12.1 Å². The Hall–Kier alpha value is -1.13. The van der Waals surface area contributed by atoms with Crippen molar-refractivity contribution in [1.82, 2.24) is 5.32 Å². The predicted octanol–water partition coefficient (Wildman–Crippen LogP) is 1.05. The molecule has 1 rings (SSSR count). The van der Waals surface area contributed by atoms with Gasteiger partial charge in [-0.3, -0.25) is 4.79 Å². The summed E-state index contributed by atoms with van der Waals surface area (Å²) in [6.07, 6.45) is 0. The number of nitrogens with two attached hydrogens (primary N) is 1. The average Bonchev–Trinajstić information content (AvgIpc) is 2.12. The molecule has 0 saturated heterocycles. The Morgan fingerprint density at radius 3 is 2.93 bits per heavy atom. The Labute approximate surface area is 86.0 Å². The number of halogens is 2. The van der Waals surface area contributed by atoms with Crippen LogP contribution in [0.5, 0.6) is 0 Å². The Morgan fingerprint density at radius 1 is 1.57 bits per heavy atom. The lowest BCUT2D eigenvalue weighted by molar-refractivity contribution is -0.117. The van der Waals surface area contributed by atoms with Gasteiger partial charge >= 0.3 is 0 Å². The number of rotatable bonds is 4. The molecule has 0 bridgehead atoms. The van der Waals surface area contributed by atoms with E-state index in [4.69, 9.17) is 17.3 Å². The standard InChI is InChI=1S/C9H10ClFN2O/c10-7-3-1-2-6(9(7)11)4-13-5-8(12)14/h1-3,13H,4-5H2,(H2,12,14). The van der Waals surface area contributed by atoms with Crippen molar-refractivity contribution in [1.29, 1.82) is 0 Å². The van der Waals surface area contributed by atoms with E-state index in [2.05, 4.69) is 5.32 Å². The lowest BCUT2D eigenvalue weighted by Crippen LogP contribution is -2.28. The smallest absolute Gasteiger partial charge is 0.231 e. The highest BCUT2D eigenvalue weighted by molar-refractivity contribution is 6.30. The second-order valence-electron chi connectivity index (χ2n) is 2.78. The molecule has 3 N–H and O–H groups in total. The second-order valence-corrected chi connectivity index (χ2v) is 3.19. The molecule has 3 nitrogen and oxygen atoms in total. The normalized spacial score (nSPS) is 10.1. The van der Waals surface area contributed by atoms with Gasteiger partial charge in [-0.2, -0.15) is 0 Å². The van der Waals surface area contributed by atoms with Crippen LogP contribution < -0.4 is 11.1 Å². The molecular weight excluding hydrogens is 207 g/mol. The van der Waals surface area contributed by atoms with Gasteiger partial charge in [0, 0.05) is 12.1 Å². The van der Waals surface area contributed by atoms with Gasteiger partial charge in [0.15, 0.2) is 0 Å². The minimum absolute atomic E-state index is 0.0198. The van der Waals surface area contributed by atoms with Gasteiger partial charge in [-0.25, -0.2) is 4.39 Å². The molecule has 0 aromatic heterocycles. The van der Waals surface area contributed by atoms with Gasteiger partial charge in [0.1, 0.15) is 5.82 Å².